The zero-order valence-electron chi connectivity index (χ0n) is 19.7. The summed E-state index contributed by atoms with van der Waals surface area (Å²) < 4.78 is 78.6. The molecular weight excluding hydrogens is 450 g/mol. The van der Waals surface area contributed by atoms with Crippen molar-refractivity contribution in [2.24, 2.45) is 22.7 Å². The van der Waals surface area contributed by atoms with E-state index in [2.05, 4.69) is 0 Å². The third kappa shape index (κ3) is 5.77. The largest absolute Gasteiger partial charge is 0.429 e. The fraction of sp³-hybridized carbons (Fsp3) is 0.875. The lowest BCUT2D eigenvalue weighted by atomic mass is 9.56. The molecule has 0 spiro atoms. The number of hydrogen-bond acceptors (Lipinski definition) is 3. The number of fused-ring (bicyclic) bond motifs is 1. The number of carbonyl (C=O) groups excluding carboxylic acids is 1. The summed E-state index contributed by atoms with van der Waals surface area (Å²) in [4.78, 5) is 12.5. The molecule has 2 aliphatic carbocycles. The minimum Gasteiger partial charge on any atom is -0.390 e. The molecule has 0 saturated heterocycles. The highest BCUT2D eigenvalue weighted by molar-refractivity contribution is 5.83. The van der Waals surface area contributed by atoms with Crippen LogP contribution in [0.1, 0.15) is 85.5 Å². The highest BCUT2D eigenvalue weighted by Crippen LogP contribution is 2.61. The van der Waals surface area contributed by atoms with Gasteiger partial charge in [0.1, 0.15) is 5.78 Å². The third-order valence-corrected chi connectivity index (χ3v) is 8.05. The molecule has 192 valence electrons. The summed E-state index contributed by atoms with van der Waals surface area (Å²) in [6, 6.07) is 0. The first-order chi connectivity index (χ1) is 14.8. The number of carbonyl (C=O) groups is 1. The average Bonchev–Trinajstić information content (AvgIpc) is 2.97. The second-order valence-electron chi connectivity index (χ2n) is 11.2. The summed E-state index contributed by atoms with van der Waals surface area (Å²) in [5.74, 6) is -0.0316. The number of rotatable bonds is 8. The van der Waals surface area contributed by atoms with Crippen molar-refractivity contribution >= 4 is 5.78 Å². The summed E-state index contributed by atoms with van der Waals surface area (Å²) in [6.07, 6.45) is -6.52. The molecule has 0 amide bonds. The van der Waals surface area contributed by atoms with Gasteiger partial charge in [0.25, 0.3) is 5.60 Å². The molecule has 2 fully saturated rings. The van der Waals surface area contributed by atoms with Crippen LogP contribution in [0.25, 0.3) is 0 Å². The number of alkyl halides is 6. The van der Waals surface area contributed by atoms with E-state index in [0.717, 1.165) is 18.9 Å². The quantitative estimate of drug-likeness (QED) is 0.303. The van der Waals surface area contributed by atoms with Crippen LogP contribution >= 0.6 is 0 Å². The molecule has 0 heterocycles. The minimum absolute atomic E-state index is 0.0735. The molecule has 2 saturated carbocycles. The monoisotopic (exact) mass is 486 g/mol. The molecule has 2 aliphatic rings. The van der Waals surface area contributed by atoms with E-state index in [9.17, 15) is 41.4 Å². The predicted octanol–water partition coefficient (Wildman–Crippen LogP) is 6.52. The molecule has 2 rings (SSSR count). The lowest BCUT2D eigenvalue weighted by molar-refractivity contribution is -0.347. The van der Waals surface area contributed by atoms with Crippen molar-refractivity contribution in [2.75, 3.05) is 0 Å². The molecule has 0 aromatic heterocycles. The van der Waals surface area contributed by atoms with Gasteiger partial charge in [0.15, 0.2) is 0 Å². The van der Waals surface area contributed by atoms with Gasteiger partial charge in [-0.15, -0.1) is 0 Å². The van der Waals surface area contributed by atoms with Crippen molar-refractivity contribution in [3.8, 4) is 0 Å². The van der Waals surface area contributed by atoms with Crippen molar-refractivity contribution < 1.29 is 41.4 Å². The van der Waals surface area contributed by atoms with Crippen molar-refractivity contribution in [3.05, 3.63) is 12.2 Å². The van der Waals surface area contributed by atoms with Crippen LogP contribution in [0.15, 0.2) is 12.2 Å². The normalized spacial score (nSPS) is 29.4. The number of halogens is 6. The molecule has 0 aliphatic heterocycles. The smallest absolute Gasteiger partial charge is 0.390 e. The highest BCUT2D eigenvalue weighted by atomic mass is 19.4. The Balaban J connectivity index is 2.36. The Morgan fingerprint density at radius 1 is 1.00 bits per heavy atom. The molecule has 4 atom stereocenters. The SMILES string of the molecule is CC(C)(O)CCC[C@@](C)(C/C=C\C(O)(C(F)(F)F)C(F)(F)F)[C@H]1CC[C@H]2C(=O)CCC[C@]12C. The maximum atomic E-state index is 13.1. The summed E-state index contributed by atoms with van der Waals surface area (Å²) >= 11 is 0. The Hall–Kier alpha value is -1.09. The Bertz CT molecular complexity index is 722. The maximum absolute atomic E-state index is 13.1. The molecule has 3 nitrogen and oxygen atoms in total. The second kappa shape index (κ2) is 9.17. The van der Waals surface area contributed by atoms with Crippen molar-refractivity contribution in [3.63, 3.8) is 0 Å². The lowest BCUT2D eigenvalue weighted by Gasteiger charge is -2.48. The lowest BCUT2D eigenvalue weighted by Crippen LogP contribution is -2.55. The zero-order chi connectivity index (χ0) is 25.5. The summed E-state index contributed by atoms with van der Waals surface area (Å²) in [7, 11) is 0. The van der Waals surface area contributed by atoms with Crippen LogP contribution in [0.3, 0.4) is 0 Å². The fourth-order valence-corrected chi connectivity index (χ4v) is 6.27. The number of ketones is 1. The van der Waals surface area contributed by atoms with Gasteiger partial charge in [-0.2, -0.15) is 26.3 Å². The van der Waals surface area contributed by atoms with Crippen LogP contribution < -0.4 is 0 Å². The van der Waals surface area contributed by atoms with Crippen LogP contribution in [0.2, 0.25) is 0 Å². The van der Waals surface area contributed by atoms with Gasteiger partial charge in [-0.25, -0.2) is 0 Å². The van der Waals surface area contributed by atoms with Gasteiger partial charge in [-0.05, 0) is 81.6 Å². The number of allylic oxidation sites excluding steroid dienone is 1. The van der Waals surface area contributed by atoms with E-state index >= 15 is 0 Å². The van der Waals surface area contributed by atoms with E-state index in [1.165, 1.54) is 0 Å². The number of aliphatic hydroxyl groups is 2. The Labute approximate surface area is 191 Å². The van der Waals surface area contributed by atoms with Crippen molar-refractivity contribution in [1.82, 2.24) is 0 Å². The van der Waals surface area contributed by atoms with Crippen LogP contribution in [-0.2, 0) is 4.79 Å². The van der Waals surface area contributed by atoms with Gasteiger partial charge >= 0.3 is 12.4 Å². The Kier molecular flexibility index (Phi) is 7.82. The van der Waals surface area contributed by atoms with Crippen molar-refractivity contribution in [2.45, 2.75) is 109 Å². The first-order valence-electron chi connectivity index (χ1n) is 11.6. The molecule has 9 heteroatoms. The molecule has 0 bridgehead atoms. The molecule has 2 N–H and O–H groups in total. The van der Waals surface area contributed by atoms with Gasteiger partial charge in [0.05, 0.1) is 5.60 Å². The second-order valence-corrected chi connectivity index (χ2v) is 11.2. The zero-order valence-corrected chi connectivity index (χ0v) is 19.7. The molecular formula is C24H36F6O3. The van der Waals surface area contributed by atoms with Crippen LogP contribution in [0, 0.1) is 22.7 Å². The first kappa shape index (κ1) is 28.1. The van der Waals surface area contributed by atoms with Gasteiger partial charge in [0.2, 0.25) is 0 Å². The maximum Gasteiger partial charge on any atom is 0.429 e. The number of Topliss-reactive ketones (excluding diaryl/α,β-unsaturated/α-hetero) is 1. The Morgan fingerprint density at radius 2 is 1.58 bits per heavy atom. The predicted molar refractivity (Wildman–Crippen MR) is 112 cm³/mol. The van der Waals surface area contributed by atoms with Gasteiger partial charge in [-0.3, -0.25) is 4.79 Å². The first-order valence-corrected chi connectivity index (χ1v) is 11.6. The van der Waals surface area contributed by atoms with E-state index in [1.54, 1.807) is 13.8 Å². The topological polar surface area (TPSA) is 57.5 Å². The van der Waals surface area contributed by atoms with E-state index < -0.39 is 29.0 Å². The van der Waals surface area contributed by atoms with Gasteiger partial charge in [-0.1, -0.05) is 26.3 Å². The standard InChI is InChI=1S/C24H36F6O3/c1-19(2,32)11-6-12-20(3,13-7-15-22(33,23(25,26)27)24(28,29)30)18-10-9-16-17(31)8-5-14-21(16,18)4/h7,15-16,18,32-33H,5-6,8-14H2,1-4H3/b15-7-/t16-,18+,20-,21-/m0/s1. The van der Waals surface area contributed by atoms with E-state index in [4.69, 9.17) is 0 Å². The molecule has 0 aromatic carbocycles. The number of hydrogen-bond donors (Lipinski definition) is 2. The summed E-state index contributed by atoms with van der Waals surface area (Å²) in [5, 5.41) is 19.6. The Morgan fingerprint density at radius 3 is 2.09 bits per heavy atom. The van der Waals surface area contributed by atoms with E-state index in [1.807, 2.05) is 13.8 Å². The van der Waals surface area contributed by atoms with Crippen LogP contribution in [-0.4, -0.2) is 39.6 Å². The van der Waals surface area contributed by atoms with Gasteiger partial charge in [0, 0.05) is 12.3 Å². The van der Waals surface area contributed by atoms with E-state index in [0.29, 0.717) is 38.5 Å². The van der Waals surface area contributed by atoms with Gasteiger partial charge < -0.3 is 10.2 Å². The molecule has 33 heavy (non-hydrogen) atoms. The average molecular weight is 487 g/mol. The molecule has 0 aromatic rings. The fourth-order valence-electron chi connectivity index (χ4n) is 6.27. The summed E-state index contributed by atoms with van der Waals surface area (Å²) in [6.45, 7) is 7.15. The van der Waals surface area contributed by atoms with E-state index in [-0.39, 0.29) is 35.5 Å². The minimum atomic E-state index is -5.90. The third-order valence-electron chi connectivity index (χ3n) is 8.05. The molecule has 0 unspecified atom stereocenters. The highest BCUT2D eigenvalue weighted by Gasteiger charge is 2.69. The van der Waals surface area contributed by atoms with Crippen LogP contribution in [0.4, 0.5) is 26.3 Å². The summed E-state index contributed by atoms with van der Waals surface area (Å²) in [5.41, 5.74) is -6.93. The molecule has 0 radical (unpaired) electrons. The van der Waals surface area contributed by atoms with Crippen LogP contribution in [0.5, 0.6) is 0 Å². The van der Waals surface area contributed by atoms with Crippen molar-refractivity contribution in [1.29, 1.82) is 0 Å².